The van der Waals surface area contributed by atoms with Gasteiger partial charge in [0.1, 0.15) is 0 Å². The monoisotopic (exact) mass is 285 g/mol. The molecule has 1 heterocycles. The topological polar surface area (TPSA) is 12.9 Å². The van der Waals surface area contributed by atoms with Crippen molar-refractivity contribution in [2.24, 2.45) is 0 Å². The third-order valence-corrected chi connectivity index (χ3v) is 0.748. The number of hydrogen-bond donors (Lipinski definition) is 0. The van der Waals surface area contributed by atoms with E-state index in [1.54, 1.807) is 6.20 Å². The average Bonchev–Trinajstić information content (AvgIpc) is 1.69. The summed E-state index contributed by atoms with van der Waals surface area (Å²) in [5.41, 5.74) is 1.09. The number of hydrogen-bond acceptors (Lipinski definition) is 1. The van der Waals surface area contributed by atoms with Crippen LogP contribution in [-0.4, -0.2) is 4.98 Å². The zero-order valence-electron chi connectivity index (χ0n) is 4.51. The summed E-state index contributed by atoms with van der Waals surface area (Å²) in [4.78, 5) is 3.76. The minimum atomic E-state index is 0. The van der Waals surface area contributed by atoms with E-state index in [1.807, 2.05) is 19.1 Å². The van der Waals surface area contributed by atoms with E-state index in [9.17, 15) is 0 Å². The van der Waals surface area contributed by atoms with Crippen LogP contribution in [0, 0.1) is 13.1 Å². The smallest absolute Gasteiger partial charge is 0 e. The second-order valence-electron chi connectivity index (χ2n) is 1.43. The van der Waals surface area contributed by atoms with E-state index in [0.29, 0.717) is 0 Å². The van der Waals surface area contributed by atoms with Gasteiger partial charge in [-0.1, -0.05) is 19.3 Å². The first-order chi connectivity index (χ1) is 3.39. The molecular weight excluding hydrogens is 278 g/mol. The summed E-state index contributed by atoms with van der Waals surface area (Å²) in [6.07, 6.45) is 4.50. The van der Waals surface area contributed by atoms with Crippen molar-refractivity contribution in [3.63, 3.8) is 0 Å². The molecule has 0 fully saturated rings. The van der Waals surface area contributed by atoms with Crippen LogP contribution >= 0.6 is 0 Å². The average molecular weight is 284 g/mol. The van der Waals surface area contributed by atoms with Crippen LogP contribution in [-0.2, 0) is 20.1 Å². The second-order valence-corrected chi connectivity index (χ2v) is 1.43. The Labute approximate surface area is 62.5 Å². The van der Waals surface area contributed by atoms with Gasteiger partial charge >= 0.3 is 0 Å². The van der Waals surface area contributed by atoms with Gasteiger partial charge in [0, 0.05) is 20.1 Å². The van der Waals surface area contributed by atoms with Crippen LogP contribution in [0.1, 0.15) is 5.56 Å². The van der Waals surface area contributed by atoms with Crippen LogP contribution in [0.25, 0.3) is 0 Å². The molecule has 0 aliphatic rings. The zero-order valence-corrected chi connectivity index (χ0v) is 6.91. The molecule has 0 saturated carbocycles. The Bertz CT molecular complexity index is 138. The minimum Gasteiger partial charge on any atom is -0.394 e. The van der Waals surface area contributed by atoms with Crippen LogP contribution in [0.5, 0.6) is 0 Å². The van der Waals surface area contributed by atoms with Crippen LogP contribution in [0.2, 0.25) is 0 Å². The Morgan fingerprint density at radius 1 is 1.62 bits per heavy atom. The molecule has 1 radical (unpaired) electrons. The fraction of sp³-hybridized carbons (Fsp3) is 0.167. The maximum Gasteiger partial charge on any atom is 0 e. The Hall–Kier alpha value is -0.201. The van der Waals surface area contributed by atoms with Crippen molar-refractivity contribution < 1.29 is 20.1 Å². The third kappa shape index (κ3) is 2.20. The van der Waals surface area contributed by atoms with Gasteiger partial charge in [-0.05, 0) is 0 Å². The molecule has 1 aromatic heterocycles. The molecule has 0 unspecified atom stereocenters. The van der Waals surface area contributed by atoms with E-state index < -0.39 is 0 Å². The van der Waals surface area contributed by atoms with Gasteiger partial charge in [-0.2, -0.15) is 12.1 Å². The molecule has 1 rings (SSSR count). The zero-order chi connectivity index (χ0) is 5.11. The molecule has 0 aliphatic carbocycles. The number of pyridine rings is 1. The number of aryl methyl sites for hydroxylation is 1. The summed E-state index contributed by atoms with van der Waals surface area (Å²) in [5.74, 6) is 0. The quantitative estimate of drug-likeness (QED) is 0.652. The molecule has 0 bridgehead atoms. The summed E-state index contributed by atoms with van der Waals surface area (Å²) >= 11 is 0. The van der Waals surface area contributed by atoms with Crippen LogP contribution in [0.3, 0.4) is 0 Å². The van der Waals surface area contributed by atoms with Gasteiger partial charge in [0.15, 0.2) is 0 Å². The van der Waals surface area contributed by atoms with E-state index >= 15 is 0 Å². The first kappa shape index (κ1) is 7.80. The summed E-state index contributed by atoms with van der Waals surface area (Å²) in [5, 5.41) is 0. The first-order valence-electron chi connectivity index (χ1n) is 2.19. The van der Waals surface area contributed by atoms with Gasteiger partial charge in [-0.15, -0.1) is 5.56 Å². The van der Waals surface area contributed by atoms with Gasteiger partial charge in [0.2, 0.25) is 0 Å². The summed E-state index contributed by atoms with van der Waals surface area (Å²) in [6, 6.07) is 3.86. The summed E-state index contributed by atoms with van der Waals surface area (Å²) < 4.78 is 0. The Morgan fingerprint density at radius 2 is 2.38 bits per heavy atom. The fourth-order valence-corrected chi connectivity index (χ4v) is 0.407. The Balaban J connectivity index is 0.000000490. The van der Waals surface area contributed by atoms with Crippen molar-refractivity contribution >= 4 is 0 Å². The van der Waals surface area contributed by atoms with E-state index in [0.717, 1.165) is 5.56 Å². The Morgan fingerprint density at radius 3 is 2.62 bits per heavy atom. The van der Waals surface area contributed by atoms with Crippen molar-refractivity contribution in [2.75, 3.05) is 0 Å². The van der Waals surface area contributed by atoms with Crippen molar-refractivity contribution in [3.05, 3.63) is 30.1 Å². The van der Waals surface area contributed by atoms with E-state index in [4.69, 9.17) is 0 Å². The van der Waals surface area contributed by atoms with E-state index in [1.165, 1.54) is 0 Å². The van der Waals surface area contributed by atoms with Crippen molar-refractivity contribution in [1.29, 1.82) is 0 Å². The van der Waals surface area contributed by atoms with Crippen LogP contribution < -0.4 is 0 Å². The van der Waals surface area contributed by atoms with Crippen molar-refractivity contribution in [3.8, 4) is 0 Å². The molecule has 0 saturated heterocycles. The van der Waals surface area contributed by atoms with Gasteiger partial charge in [0.05, 0.1) is 0 Å². The minimum absolute atomic E-state index is 0. The molecule has 1 aromatic rings. The number of rotatable bonds is 0. The van der Waals surface area contributed by atoms with Gasteiger partial charge in [0.25, 0.3) is 0 Å². The number of nitrogens with zero attached hydrogens (tertiary/aromatic N) is 1. The van der Waals surface area contributed by atoms with Crippen molar-refractivity contribution in [1.82, 2.24) is 4.98 Å². The van der Waals surface area contributed by atoms with Gasteiger partial charge in [-0.3, -0.25) is 0 Å². The molecule has 2 heteroatoms. The summed E-state index contributed by atoms with van der Waals surface area (Å²) in [7, 11) is 0. The van der Waals surface area contributed by atoms with E-state index in [2.05, 4.69) is 11.2 Å². The molecule has 0 amide bonds. The Kier molecular flexibility index (Phi) is 3.67. The van der Waals surface area contributed by atoms with Crippen molar-refractivity contribution in [2.45, 2.75) is 6.92 Å². The van der Waals surface area contributed by atoms with Crippen LogP contribution in [0.4, 0.5) is 0 Å². The normalized spacial score (nSPS) is 7.62. The molecule has 8 heavy (non-hydrogen) atoms. The molecule has 0 spiro atoms. The predicted octanol–water partition coefficient (Wildman–Crippen LogP) is 1.19. The fourth-order valence-electron chi connectivity index (χ4n) is 0.407. The number of aromatic nitrogens is 1. The second kappa shape index (κ2) is 3.76. The molecular formula is C6H6IrN-. The van der Waals surface area contributed by atoms with Crippen LogP contribution in [0.15, 0.2) is 18.3 Å². The molecule has 45 valence electrons. The maximum absolute atomic E-state index is 3.76. The van der Waals surface area contributed by atoms with E-state index in [-0.39, 0.29) is 20.1 Å². The SMILES string of the molecule is Cc1[c-]nccc1.[Ir]. The third-order valence-electron chi connectivity index (χ3n) is 0.748. The van der Waals surface area contributed by atoms with Gasteiger partial charge < -0.3 is 4.98 Å². The standard InChI is InChI=1S/C6H6N.Ir/c1-6-3-2-4-7-5-6;/h2-4H,1H3;/q-1;. The maximum atomic E-state index is 3.76. The molecule has 1 nitrogen and oxygen atoms in total. The summed E-state index contributed by atoms with van der Waals surface area (Å²) in [6.45, 7) is 1.97. The predicted molar refractivity (Wildman–Crippen MR) is 27.8 cm³/mol. The van der Waals surface area contributed by atoms with Gasteiger partial charge in [-0.25, -0.2) is 0 Å². The molecule has 0 atom stereocenters. The molecule has 0 aliphatic heterocycles. The largest absolute Gasteiger partial charge is 0.394 e. The molecule has 0 aromatic carbocycles. The first-order valence-corrected chi connectivity index (χ1v) is 2.19. The molecule has 0 N–H and O–H groups in total.